The molecule has 0 unspecified atom stereocenters. The summed E-state index contributed by atoms with van der Waals surface area (Å²) in [5.74, 6) is 0. The normalized spacial score (nSPS) is 12.8. The monoisotopic (exact) mass is 270 g/mol. The van der Waals surface area contributed by atoms with Crippen LogP contribution in [0.1, 0.15) is 11.1 Å². The van der Waals surface area contributed by atoms with Crippen LogP contribution >= 0.6 is 40.7 Å². The van der Waals surface area contributed by atoms with Gasteiger partial charge in [0.1, 0.15) is 4.60 Å². The van der Waals surface area contributed by atoms with Crippen molar-refractivity contribution in [2.75, 3.05) is 0 Å². The highest BCUT2D eigenvalue weighted by atomic mass is 79.9. The van der Waals surface area contributed by atoms with E-state index in [1.807, 2.05) is 6.20 Å². The van der Waals surface area contributed by atoms with Crippen molar-refractivity contribution in [3.8, 4) is 0 Å². The molecule has 0 saturated carbocycles. The zero-order chi connectivity index (χ0) is 6.97. The molecule has 12 heavy (non-hydrogen) atoms. The minimum atomic E-state index is 0. The van der Waals surface area contributed by atoms with Crippen LogP contribution in [0.25, 0.3) is 0 Å². The molecule has 2 nitrogen and oxygen atoms in total. The number of fused-ring (bicyclic) bond motifs is 1. The minimum absolute atomic E-state index is 0. The molecule has 5 heteroatoms. The predicted molar refractivity (Wildman–Crippen MR) is 57.0 cm³/mol. The number of halogens is 3. The Kier molecular flexibility index (Phi) is 5.09. The van der Waals surface area contributed by atoms with E-state index in [0.717, 1.165) is 17.7 Å². The number of hydrogen-bond donors (Lipinski definition) is 1. The molecule has 0 spiro atoms. The van der Waals surface area contributed by atoms with Gasteiger partial charge in [0.25, 0.3) is 0 Å². The fraction of sp³-hybridized carbons (Fsp3) is 0.286. The van der Waals surface area contributed by atoms with Crippen molar-refractivity contribution in [2.45, 2.75) is 13.1 Å². The van der Waals surface area contributed by atoms with Crippen molar-refractivity contribution in [3.63, 3.8) is 0 Å². The van der Waals surface area contributed by atoms with Crippen LogP contribution in [-0.2, 0) is 13.1 Å². The summed E-state index contributed by atoms with van der Waals surface area (Å²) >= 11 is 3.40. The van der Waals surface area contributed by atoms with Gasteiger partial charge in [-0.2, -0.15) is 0 Å². The van der Waals surface area contributed by atoms with E-state index in [0.29, 0.717) is 0 Å². The lowest BCUT2D eigenvalue weighted by Crippen LogP contribution is -2.00. The molecule has 0 saturated heterocycles. The van der Waals surface area contributed by atoms with E-state index < -0.39 is 0 Å². The maximum atomic E-state index is 4.13. The topological polar surface area (TPSA) is 24.9 Å². The second-order valence-electron chi connectivity index (χ2n) is 2.34. The lowest BCUT2D eigenvalue weighted by atomic mass is 10.2. The molecule has 0 radical (unpaired) electrons. The van der Waals surface area contributed by atoms with E-state index in [4.69, 9.17) is 0 Å². The quantitative estimate of drug-likeness (QED) is 0.733. The molecule has 2 rings (SSSR count). The fourth-order valence-electron chi connectivity index (χ4n) is 1.18. The van der Waals surface area contributed by atoms with E-state index in [9.17, 15) is 0 Å². The van der Waals surface area contributed by atoms with Gasteiger partial charge in [-0.15, -0.1) is 24.8 Å². The van der Waals surface area contributed by atoms with Crippen LogP contribution < -0.4 is 5.32 Å². The largest absolute Gasteiger partial charge is 0.308 e. The van der Waals surface area contributed by atoms with Gasteiger partial charge >= 0.3 is 0 Å². The Morgan fingerprint density at radius 3 is 2.75 bits per heavy atom. The first-order chi connectivity index (χ1) is 4.88. The molecule has 1 aromatic rings. The molecule has 0 aliphatic carbocycles. The number of rotatable bonds is 0. The van der Waals surface area contributed by atoms with Crippen LogP contribution in [0.2, 0.25) is 0 Å². The third kappa shape index (κ3) is 2.10. The van der Waals surface area contributed by atoms with E-state index in [1.165, 1.54) is 11.1 Å². The van der Waals surface area contributed by atoms with Crippen LogP contribution in [-0.4, -0.2) is 4.98 Å². The van der Waals surface area contributed by atoms with Gasteiger partial charge in [-0.05, 0) is 27.6 Å². The van der Waals surface area contributed by atoms with Gasteiger partial charge in [0.05, 0.1) is 0 Å². The summed E-state index contributed by atoms with van der Waals surface area (Å²) in [6, 6.07) is 2.06. The summed E-state index contributed by atoms with van der Waals surface area (Å²) in [4.78, 5) is 4.13. The third-order valence-electron chi connectivity index (χ3n) is 1.72. The average molecular weight is 272 g/mol. The van der Waals surface area contributed by atoms with Crippen molar-refractivity contribution in [3.05, 3.63) is 28.0 Å². The second-order valence-corrected chi connectivity index (χ2v) is 3.09. The molecule has 1 aliphatic heterocycles. The van der Waals surface area contributed by atoms with Gasteiger partial charge in [-0.25, -0.2) is 4.98 Å². The molecule has 0 amide bonds. The van der Waals surface area contributed by atoms with Crippen LogP contribution in [0.15, 0.2) is 16.9 Å². The van der Waals surface area contributed by atoms with E-state index in [-0.39, 0.29) is 24.8 Å². The number of hydrogen-bond acceptors (Lipinski definition) is 2. The third-order valence-corrected chi connectivity index (χ3v) is 2.40. The summed E-state index contributed by atoms with van der Waals surface area (Å²) in [5.41, 5.74) is 2.67. The summed E-state index contributed by atoms with van der Waals surface area (Å²) in [6.45, 7) is 1.93. The molecular weight excluding hydrogens is 263 g/mol. The second kappa shape index (κ2) is 5.02. The van der Waals surface area contributed by atoms with Crippen LogP contribution in [0.5, 0.6) is 0 Å². The first kappa shape index (κ1) is 12.2. The predicted octanol–water partition coefficient (Wildman–Crippen LogP) is 2.29. The SMILES string of the molecule is Brc1nccc2c1CNC2.Cl.Cl. The molecule has 0 bridgehead atoms. The zero-order valence-corrected chi connectivity index (χ0v) is 9.43. The highest BCUT2D eigenvalue weighted by Gasteiger charge is 2.12. The van der Waals surface area contributed by atoms with E-state index >= 15 is 0 Å². The Morgan fingerprint density at radius 1 is 1.33 bits per heavy atom. The maximum Gasteiger partial charge on any atom is 0.110 e. The molecule has 1 aliphatic rings. The van der Waals surface area contributed by atoms with Gasteiger partial charge in [0.15, 0.2) is 0 Å². The standard InChI is InChI=1S/C7H7BrN2.2ClH/c8-7-6-4-9-3-5(6)1-2-10-7;;/h1-2,9H,3-4H2;2*1H. The molecular formula is C7H9BrCl2N2. The van der Waals surface area contributed by atoms with Crippen molar-refractivity contribution in [1.29, 1.82) is 0 Å². The minimum Gasteiger partial charge on any atom is -0.308 e. The molecule has 0 aromatic carbocycles. The number of pyridine rings is 1. The highest BCUT2D eigenvalue weighted by Crippen LogP contribution is 2.21. The maximum absolute atomic E-state index is 4.13. The smallest absolute Gasteiger partial charge is 0.110 e. The van der Waals surface area contributed by atoms with E-state index in [2.05, 4.69) is 32.3 Å². The van der Waals surface area contributed by atoms with Crippen molar-refractivity contribution >= 4 is 40.7 Å². The molecule has 68 valence electrons. The Balaban J connectivity index is 0.000000605. The molecule has 0 fully saturated rings. The molecule has 1 aromatic heterocycles. The Morgan fingerprint density at radius 2 is 2.08 bits per heavy atom. The van der Waals surface area contributed by atoms with Crippen LogP contribution in [0.4, 0.5) is 0 Å². The first-order valence-electron chi connectivity index (χ1n) is 3.21. The number of aromatic nitrogens is 1. The highest BCUT2D eigenvalue weighted by molar-refractivity contribution is 9.10. The van der Waals surface area contributed by atoms with Gasteiger partial charge < -0.3 is 5.32 Å². The average Bonchev–Trinajstić information content (AvgIpc) is 2.36. The molecule has 1 N–H and O–H groups in total. The zero-order valence-electron chi connectivity index (χ0n) is 6.21. The first-order valence-corrected chi connectivity index (χ1v) is 4.00. The summed E-state index contributed by atoms with van der Waals surface area (Å²) < 4.78 is 0.981. The van der Waals surface area contributed by atoms with Gasteiger partial charge in [-0.1, -0.05) is 0 Å². The Bertz CT molecular complexity index is 268. The van der Waals surface area contributed by atoms with Gasteiger partial charge in [0, 0.05) is 24.8 Å². The van der Waals surface area contributed by atoms with Gasteiger partial charge in [0.2, 0.25) is 0 Å². The summed E-state index contributed by atoms with van der Waals surface area (Å²) in [5, 5.41) is 3.26. The van der Waals surface area contributed by atoms with Crippen LogP contribution in [0, 0.1) is 0 Å². The summed E-state index contributed by atoms with van der Waals surface area (Å²) in [7, 11) is 0. The van der Waals surface area contributed by atoms with E-state index in [1.54, 1.807) is 0 Å². The summed E-state index contributed by atoms with van der Waals surface area (Å²) in [6.07, 6.45) is 1.83. The Hall–Kier alpha value is 0.170. The number of nitrogens with zero attached hydrogens (tertiary/aromatic N) is 1. The van der Waals surface area contributed by atoms with Crippen molar-refractivity contribution in [1.82, 2.24) is 10.3 Å². The van der Waals surface area contributed by atoms with Crippen molar-refractivity contribution in [2.24, 2.45) is 0 Å². The Labute approximate surface area is 92.1 Å². The van der Waals surface area contributed by atoms with Gasteiger partial charge in [-0.3, -0.25) is 0 Å². The molecule has 0 atom stereocenters. The lowest BCUT2D eigenvalue weighted by molar-refractivity contribution is 0.763. The molecule has 2 heterocycles. The fourth-order valence-corrected chi connectivity index (χ4v) is 1.69. The lowest BCUT2D eigenvalue weighted by Gasteiger charge is -1.96. The number of nitrogens with one attached hydrogen (secondary N) is 1. The van der Waals surface area contributed by atoms with Crippen molar-refractivity contribution < 1.29 is 0 Å². The van der Waals surface area contributed by atoms with Crippen LogP contribution in [0.3, 0.4) is 0 Å².